The molecule has 18 heavy (non-hydrogen) atoms. The average molecular weight is 263 g/mol. The Bertz CT molecular complexity index is 391. The van der Waals surface area contributed by atoms with Gasteiger partial charge in [0.15, 0.2) is 5.82 Å². The Balaban J connectivity index is 1.83. The van der Waals surface area contributed by atoms with Crippen molar-refractivity contribution in [2.45, 2.75) is 44.8 Å². The summed E-state index contributed by atoms with van der Waals surface area (Å²) in [6, 6.07) is 0. The molecule has 0 aliphatic heterocycles. The SMILES string of the molecule is CC1CCC(c2noc(CNCC(F)(F)F)n2)C1. The van der Waals surface area contributed by atoms with Gasteiger partial charge in [-0.3, -0.25) is 0 Å². The lowest BCUT2D eigenvalue weighted by atomic mass is 10.1. The number of alkyl halides is 3. The third-order valence-corrected chi connectivity index (χ3v) is 3.15. The molecular formula is C11H16F3N3O. The maximum absolute atomic E-state index is 11.9. The molecule has 1 aromatic rings. The molecule has 1 N–H and O–H groups in total. The predicted molar refractivity (Wildman–Crippen MR) is 57.8 cm³/mol. The molecule has 1 fully saturated rings. The van der Waals surface area contributed by atoms with Crippen molar-refractivity contribution in [3.63, 3.8) is 0 Å². The van der Waals surface area contributed by atoms with Crippen molar-refractivity contribution in [1.82, 2.24) is 15.5 Å². The first-order chi connectivity index (χ1) is 8.44. The van der Waals surface area contributed by atoms with E-state index in [1.54, 1.807) is 0 Å². The van der Waals surface area contributed by atoms with Crippen LogP contribution in [-0.4, -0.2) is 22.9 Å². The Morgan fingerprint density at radius 2 is 2.17 bits per heavy atom. The van der Waals surface area contributed by atoms with E-state index in [-0.39, 0.29) is 12.4 Å². The quantitative estimate of drug-likeness (QED) is 0.907. The van der Waals surface area contributed by atoms with Gasteiger partial charge in [0, 0.05) is 5.92 Å². The molecule has 1 aliphatic carbocycles. The standard InChI is InChI=1S/C11H16F3N3O/c1-7-2-3-8(4-7)10-16-9(18-17-10)5-15-6-11(12,13)14/h7-8,15H,2-6H2,1H3. The van der Waals surface area contributed by atoms with Crippen LogP contribution in [0.1, 0.15) is 43.8 Å². The first-order valence-electron chi connectivity index (χ1n) is 6.04. The van der Waals surface area contributed by atoms with E-state index in [1.807, 2.05) is 0 Å². The molecule has 0 aromatic carbocycles. The number of nitrogens with one attached hydrogen (secondary N) is 1. The molecule has 1 aromatic heterocycles. The second-order valence-electron chi connectivity index (χ2n) is 4.88. The molecular weight excluding hydrogens is 247 g/mol. The van der Waals surface area contributed by atoms with E-state index in [4.69, 9.17) is 4.52 Å². The van der Waals surface area contributed by atoms with Crippen molar-refractivity contribution in [1.29, 1.82) is 0 Å². The van der Waals surface area contributed by atoms with Crippen LogP contribution < -0.4 is 5.32 Å². The van der Waals surface area contributed by atoms with Crippen molar-refractivity contribution in [2.24, 2.45) is 5.92 Å². The molecule has 1 aliphatic rings. The molecule has 0 radical (unpaired) electrons. The number of halogens is 3. The lowest BCUT2D eigenvalue weighted by Gasteiger charge is -2.05. The van der Waals surface area contributed by atoms with Gasteiger partial charge < -0.3 is 9.84 Å². The van der Waals surface area contributed by atoms with Gasteiger partial charge in [-0.25, -0.2) is 0 Å². The molecule has 4 nitrogen and oxygen atoms in total. The minimum Gasteiger partial charge on any atom is -0.338 e. The Morgan fingerprint density at radius 1 is 1.39 bits per heavy atom. The molecule has 0 saturated heterocycles. The summed E-state index contributed by atoms with van der Waals surface area (Å²) in [6.45, 7) is 1.08. The van der Waals surface area contributed by atoms with Crippen LogP contribution in [0.25, 0.3) is 0 Å². The van der Waals surface area contributed by atoms with Crippen LogP contribution in [0.5, 0.6) is 0 Å². The molecule has 2 unspecified atom stereocenters. The average Bonchev–Trinajstić information content (AvgIpc) is 2.85. The normalized spacial score (nSPS) is 24.7. The Kier molecular flexibility index (Phi) is 3.89. The summed E-state index contributed by atoms with van der Waals surface area (Å²) in [5.41, 5.74) is 0. The Hall–Kier alpha value is -1.11. The van der Waals surface area contributed by atoms with E-state index in [2.05, 4.69) is 22.4 Å². The van der Waals surface area contributed by atoms with Crippen LogP contribution in [0.15, 0.2) is 4.52 Å². The monoisotopic (exact) mass is 263 g/mol. The molecule has 1 saturated carbocycles. The van der Waals surface area contributed by atoms with Crippen LogP contribution in [0, 0.1) is 5.92 Å². The fourth-order valence-electron chi connectivity index (χ4n) is 2.26. The highest BCUT2D eigenvalue weighted by Crippen LogP contribution is 2.36. The number of hydrogen-bond donors (Lipinski definition) is 1. The summed E-state index contributed by atoms with van der Waals surface area (Å²) in [5.74, 6) is 1.79. The second kappa shape index (κ2) is 5.26. The van der Waals surface area contributed by atoms with E-state index in [0.29, 0.717) is 17.7 Å². The third-order valence-electron chi connectivity index (χ3n) is 3.15. The van der Waals surface area contributed by atoms with Crippen LogP contribution >= 0.6 is 0 Å². The zero-order chi connectivity index (χ0) is 13.2. The van der Waals surface area contributed by atoms with Crippen molar-refractivity contribution in [2.75, 3.05) is 6.54 Å². The molecule has 0 spiro atoms. The largest absolute Gasteiger partial charge is 0.401 e. The Morgan fingerprint density at radius 3 is 2.78 bits per heavy atom. The van der Waals surface area contributed by atoms with E-state index in [1.165, 1.54) is 0 Å². The van der Waals surface area contributed by atoms with Gasteiger partial charge in [0.2, 0.25) is 5.89 Å². The van der Waals surface area contributed by atoms with Gasteiger partial charge in [-0.2, -0.15) is 18.2 Å². The minimum absolute atomic E-state index is 0.0468. The van der Waals surface area contributed by atoms with Crippen LogP contribution in [0.2, 0.25) is 0 Å². The summed E-state index contributed by atoms with van der Waals surface area (Å²) in [6.07, 6.45) is -1.03. The predicted octanol–water partition coefficient (Wildman–Crippen LogP) is 2.63. The molecule has 102 valence electrons. The molecule has 2 rings (SSSR count). The zero-order valence-corrected chi connectivity index (χ0v) is 10.1. The highest BCUT2D eigenvalue weighted by Gasteiger charge is 2.28. The first kappa shape index (κ1) is 13.3. The van der Waals surface area contributed by atoms with Gasteiger partial charge in [-0.15, -0.1) is 0 Å². The van der Waals surface area contributed by atoms with Crippen LogP contribution in [0.3, 0.4) is 0 Å². The number of aromatic nitrogens is 2. The summed E-state index contributed by atoms with van der Waals surface area (Å²) in [7, 11) is 0. The van der Waals surface area contributed by atoms with E-state index in [9.17, 15) is 13.2 Å². The lowest BCUT2D eigenvalue weighted by molar-refractivity contribution is -0.125. The number of rotatable bonds is 4. The van der Waals surface area contributed by atoms with Crippen molar-refractivity contribution < 1.29 is 17.7 Å². The van der Waals surface area contributed by atoms with Gasteiger partial charge in [-0.05, 0) is 25.2 Å². The number of nitrogens with zero attached hydrogens (tertiary/aromatic N) is 2. The van der Waals surface area contributed by atoms with Crippen LogP contribution in [0.4, 0.5) is 13.2 Å². The van der Waals surface area contributed by atoms with E-state index in [0.717, 1.165) is 19.3 Å². The molecule has 2 atom stereocenters. The van der Waals surface area contributed by atoms with E-state index < -0.39 is 12.7 Å². The highest BCUT2D eigenvalue weighted by molar-refractivity contribution is 4.99. The van der Waals surface area contributed by atoms with Gasteiger partial charge in [0.25, 0.3) is 0 Å². The van der Waals surface area contributed by atoms with Crippen molar-refractivity contribution >= 4 is 0 Å². The summed E-state index contributed by atoms with van der Waals surface area (Å²) >= 11 is 0. The smallest absolute Gasteiger partial charge is 0.338 e. The fourth-order valence-corrected chi connectivity index (χ4v) is 2.26. The summed E-state index contributed by atoms with van der Waals surface area (Å²) in [5, 5.41) is 6.07. The lowest BCUT2D eigenvalue weighted by Crippen LogP contribution is -2.28. The number of hydrogen-bond acceptors (Lipinski definition) is 4. The zero-order valence-electron chi connectivity index (χ0n) is 10.1. The topological polar surface area (TPSA) is 51.0 Å². The van der Waals surface area contributed by atoms with Gasteiger partial charge in [-0.1, -0.05) is 12.1 Å². The highest BCUT2D eigenvalue weighted by atomic mass is 19.4. The van der Waals surface area contributed by atoms with Crippen LogP contribution in [-0.2, 0) is 6.54 Å². The molecule has 7 heteroatoms. The maximum Gasteiger partial charge on any atom is 0.401 e. The van der Waals surface area contributed by atoms with E-state index >= 15 is 0 Å². The Labute approximate surface area is 103 Å². The van der Waals surface area contributed by atoms with Gasteiger partial charge >= 0.3 is 6.18 Å². The van der Waals surface area contributed by atoms with Crippen molar-refractivity contribution in [3.05, 3.63) is 11.7 Å². The molecule has 1 heterocycles. The fraction of sp³-hybridized carbons (Fsp3) is 0.818. The maximum atomic E-state index is 11.9. The van der Waals surface area contributed by atoms with Crippen molar-refractivity contribution in [3.8, 4) is 0 Å². The van der Waals surface area contributed by atoms with Gasteiger partial charge in [0.1, 0.15) is 0 Å². The minimum atomic E-state index is -4.22. The molecule has 0 amide bonds. The second-order valence-corrected chi connectivity index (χ2v) is 4.88. The first-order valence-corrected chi connectivity index (χ1v) is 6.04. The summed E-state index contributed by atoms with van der Waals surface area (Å²) < 4.78 is 40.7. The summed E-state index contributed by atoms with van der Waals surface area (Å²) in [4.78, 5) is 4.14. The molecule has 0 bridgehead atoms. The van der Waals surface area contributed by atoms with Gasteiger partial charge in [0.05, 0.1) is 13.1 Å². The third kappa shape index (κ3) is 3.69.